The molecule has 0 atom stereocenters. The molecule has 2 N–H and O–H groups in total. The van der Waals surface area contributed by atoms with Gasteiger partial charge in [-0.3, -0.25) is 0 Å². The third-order valence-corrected chi connectivity index (χ3v) is 2.55. The van der Waals surface area contributed by atoms with E-state index in [1.54, 1.807) is 18.2 Å². The van der Waals surface area contributed by atoms with Crippen LogP contribution in [0.1, 0.15) is 17.3 Å². The molecule has 0 radical (unpaired) electrons. The molecule has 1 aromatic carbocycles. The molecule has 4 nitrogen and oxygen atoms in total. The molecule has 0 saturated heterocycles. The number of carbonyl (C=O) groups excluding carboxylic acids is 1. The minimum absolute atomic E-state index is 0.415. The van der Waals surface area contributed by atoms with Crippen LogP contribution in [0, 0.1) is 0 Å². The number of methoxy groups -OCH3 is 1. The zero-order chi connectivity index (χ0) is 12.8. The van der Waals surface area contributed by atoms with Crippen molar-refractivity contribution >= 4 is 40.6 Å². The summed E-state index contributed by atoms with van der Waals surface area (Å²) in [5.41, 5.74) is 0.985. The summed E-state index contributed by atoms with van der Waals surface area (Å²) in [5.74, 6) is -0.418. The molecule has 92 valence electrons. The Balaban J connectivity index is 2.90. The van der Waals surface area contributed by atoms with Crippen LogP contribution in [-0.4, -0.2) is 24.7 Å². The topological polar surface area (TPSA) is 50.4 Å². The second-order valence-corrected chi connectivity index (χ2v) is 3.99. The number of hydrogen-bond donors (Lipinski definition) is 2. The average molecular weight is 273 g/mol. The number of thiocarbonyl (C=S) groups is 1. The highest BCUT2D eigenvalue weighted by molar-refractivity contribution is 7.80. The summed E-state index contributed by atoms with van der Waals surface area (Å²) in [6.07, 6.45) is 0. The second kappa shape index (κ2) is 6.42. The number of benzene rings is 1. The first-order chi connectivity index (χ1) is 8.08. The monoisotopic (exact) mass is 272 g/mol. The molecular formula is C11H13ClN2O2S. The van der Waals surface area contributed by atoms with Crippen molar-refractivity contribution in [3.63, 3.8) is 0 Å². The Morgan fingerprint density at radius 2 is 2.24 bits per heavy atom. The minimum atomic E-state index is -0.418. The second-order valence-electron chi connectivity index (χ2n) is 3.17. The Kier molecular flexibility index (Phi) is 5.18. The summed E-state index contributed by atoms with van der Waals surface area (Å²) < 4.78 is 4.63. The first-order valence-electron chi connectivity index (χ1n) is 5.01. The highest BCUT2D eigenvalue weighted by Gasteiger charge is 2.09. The molecule has 0 aliphatic rings. The highest BCUT2D eigenvalue weighted by Crippen LogP contribution is 2.23. The molecule has 0 spiro atoms. The quantitative estimate of drug-likeness (QED) is 0.654. The van der Waals surface area contributed by atoms with Crippen molar-refractivity contribution in [3.8, 4) is 0 Å². The van der Waals surface area contributed by atoms with Crippen molar-refractivity contribution in [2.45, 2.75) is 6.92 Å². The van der Waals surface area contributed by atoms with E-state index in [1.807, 2.05) is 6.92 Å². The van der Waals surface area contributed by atoms with Crippen LogP contribution in [-0.2, 0) is 4.74 Å². The van der Waals surface area contributed by atoms with Gasteiger partial charge < -0.3 is 15.4 Å². The third kappa shape index (κ3) is 3.87. The zero-order valence-corrected chi connectivity index (χ0v) is 11.1. The van der Waals surface area contributed by atoms with Crippen LogP contribution in [0.2, 0.25) is 5.02 Å². The Morgan fingerprint density at radius 1 is 1.53 bits per heavy atom. The zero-order valence-electron chi connectivity index (χ0n) is 9.54. The summed E-state index contributed by atoms with van der Waals surface area (Å²) in [5, 5.41) is 6.78. The molecule has 0 fully saturated rings. The van der Waals surface area contributed by atoms with E-state index in [-0.39, 0.29) is 0 Å². The Labute approximate surface area is 110 Å². The fourth-order valence-electron chi connectivity index (χ4n) is 1.19. The molecule has 1 rings (SSSR count). The van der Waals surface area contributed by atoms with Crippen LogP contribution in [0.15, 0.2) is 18.2 Å². The van der Waals surface area contributed by atoms with E-state index in [0.717, 1.165) is 0 Å². The van der Waals surface area contributed by atoms with Crippen LogP contribution < -0.4 is 10.6 Å². The molecule has 6 heteroatoms. The van der Waals surface area contributed by atoms with Crippen molar-refractivity contribution in [1.82, 2.24) is 5.32 Å². The van der Waals surface area contributed by atoms with E-state index in [9.17, 15) is 4.79 Å². The van der Waals surface area contributed by atoms with Gasteiger partial charge in [0.1, 0.15) is 0 Å². The third-order valence-electron chi connectivity index (χ3n) is 1.97. The van der Waals surface area contributed by atoms with Gasteiger partial charge in [0.05, 0.1) is 23.4 Å². The van der Waals surface area contributed by atoms with E-state index in [4.69, 9.17) is 23.8 Å². The van der Waals surface area contributed by atoms with E-state index >= 15 is 0 Å². The standard InChI is InChI=1S/C11H13ClN2O2S/c1-3-13-11(17)14-9-6-7(10(15)16-2)4-5-8(9)12/h4-6H,3H2,1-2H3,(H2,13,14,17). The summed E-state index contributed by atoms with van der Waals surface area (Å²) >= 11 is 11.0. The molecule has 0 saturated carbocycles. The number of halogens is 1. The largest absolute Gasteiger partial charge is 0.465 e. The lowest BCUT2D eigenvalue weighted by Gasteiger charge is -2.11. The number of anilines is 1. The lowest BCUT2D eigenvalue weighted by Crippen LogP contribution is -2.28. The molecular weight excluding hydrogens is 260 g/mol. The van der Waals surface area contributed by atoms with Crippen molar-refractivity contribution in [2.75, 3.05) is 19.0 Å². The molecule has 0 aliphatic heterocycles. The maximum Gasteiger partial charge on any atom is 0.337 e. The normalized spacial score (nSPS) is 9.59. The molecule has 0 aliphatic carbocycles. The number of rotatable bonds is 3. The summed E-state index contributed by atoms with van der Waals surface area (Å²) in [6.45, 7) is 2.64. The van der Waals surface area contributed by atoms with E-state index < -0.39 is 5.97 Å². The van der Waals surface area contributed by atoms with Gasteiger partial charge >= 0.3 is 5.97 Å². The van der Waals surface area contributed by atoms with Crippen molar-refractivity contribution in [1.29, 1.82) is 0 Å². The molecule has 17 heavy (non-hydrogen) atoms. The maximum atomic E-state index is 11.3. The van der Waals surface area contributed by atoms with Gasteiger partial charge in [-0.1, -0.05) is 11.6 Å². The van der Waals surface area contributed by atoms with E-state index in [1.165, 1.54) is 7.11 Å². The summed E-state index contributed by atoms with van der Waals surface area (Å²) in [7, 11) is 1.33. The first kappa shape index (κ1) is 13.7. The van der Waals surface area contributed by atoms with Crippen molar-refractivity contribution in [3.05, 3.63) is 28.8 Å². The first-order valence-corrected chi connectivity index (χ1v) is 5.79. The van der Waals surface area contributed by atoms with Crippen LogP contribution in [0.5, 0.6) is 0 Å². The van der Waals surface area contributed by atoms with Gasteiger partial charge in [0.25, 0.3) is 0 Å². The van der Waals surface area contributed by atoms with Crippen LogP contribution in [0.25, 0.3) is 0 Å². The van der Waals surface area contributed by atoms with Crippen LogP contribution >= 0.6 is 23.8 Å². The number of ether oxygens (including phenoxy) is 1. The lowest BCUT2D eigenvalue weighted by molar-refractivity contribution is 0.0601. The van der Waals surface area contributed by atoms with Crippen LogP contribution in [0.3, 0.4) is 0 Å². The number of carbonyl (C=O) groups is 1. The minimum Gasteiger partial charge on any atom is -0.465 e. The molecule has 0 unspecified atom stereocenters. The molecule has 0 amide bonds. The Morgan fingerprint density at radius 3 is 2.82 bits per heavy atom. The van der Waals surface area contributed by atoms with Gasteiger partial charge in [0, 0.05) is 6.54 Å². The van der Waals surface area contributed by atoms with Gasteiger partial charge in [0.15, 0.2) is 5.11 Å². The van der Waals surface area contributed by atoms with Gasteiger partial charge in [-0.2, -0.15) is 0 Å². The van der Waals surface area contributed by atoms with E-state index in [0.29, 0.717) is 27.9 Å². The fraction of sp³-hybridized carbons (Fsp3) is 0.273. The maximum absolute atomic E-state index is 11.3. The van der Waals surface area contributed by atoms with E-state index in [2.05, 4.69) is 15.4 Å². The summed E-state index contributed by atoms with van der Waals surface area (Å²) in [6, 6.07) is 4.80. The lowest BCUT2D eigenvalue weighted by atomic mass is 10.2. The smallest absolute Gasteiger partial charge is 0.337 e. The Hall–Kier alpha value is -1.33. The fourth-order valence-corrected chi connectivity index (χ4v) is 1.61. The Bertz CT molecular complexity index is 437. The number of esters is 1. The van der Waals surface area contributed by atoms with Gasteiger partial charge in [-0.25, -0.2) is 4.79 Å². The molecule has 1 aromatic rings. The van der Waals surface area contributed by atoms with Gasteiger partial charge in [-0.15, -0.1) is 0 Å². The van der Waals surface area contributed by atoms with Crippen LogP contribution in [0.4, 0.5) is 5.69 Å². The summed E-state index contributed by atoms with van der Waals surface area (Å²) in [4.78, 5) is 11.3. The average Bonchev–Trinajstić information content (AvgIpc) is 2.31. The highest BCUT2D eigenvalue weighted by atomic mass is 35.5. The van der Waals surface area contributed by atoms with Crippen molar-refractivity contribution < 1.29 is 9.53 Å². The van der Waals surface area contributed by atoms with Gasteiger partial charge in [0.2, 0.25) is 0 Å². The molecule has 0 bridgehead atoms. The van der Waals surface area contributed by atoms with Gasteiger partial charge in [-0.05, 0) is 37.3 Å². The predicted molar refractivity (Wildman–Crippen MR) is 72.7 cm³/mol. The number of nitrogens with one attached hydrogen (secondary N) is 2. The molecule has 0 heterocycles. The number of hydrogen-bond acceptors (Lipinski definition) is 3. The predicted octanol–water partition coefficient (Wildman–Crippen LogP) is 2.43. The molecule has 0 aromatic heterocycles. The van der Waals surface area contributed by atoms with Crippen molar-refractivity contribution in [2.24, 2.45) is 0 Å². The SMILES string of the molecule is CCNC(=S)Nc1cc(C(=O)OC)ccc1Cl.